The lowest BCUT2D eigenvalue weighted by Crippen LogP contribution is -2.01. The van der Waals surface area contributed by atoms with E-state index in [9.17, 15) is 10.1 Å². The van der Waals surface area contributed by atoms with Crippen LogP contribution in [0.5, 0.6) is 0 Å². The van der Waals surface area contributed by atoms with Gasteiger partial charge in [-0.3, -0.25) is 15.5 Å². The Labute approximate surface area is 160 Å². The highest BCUT2D eigenvalue weighted by Crippen LogP contribution is 2.19. The van der Waals surface area contributed by atoms with Crippen molar-refractivity contribution in [2.75, 3.05) is 5.43 Å². The number of nitro groups is 1. The van der Waals surface area contributed by atoms with Crippen molar-refractivity contribution in [2.45, 2.75) is 0 Å². The predicted octanol–water partition coefficient (Wildman–Crippen LogP) is 5.81. The van der Waals surface area contributed by atoms with Crippen LogP contribution in [0.4, 0.5) is 17.1 Å². The molecule has 27 heavy (non-hydrogen) atoms. The average molecular weight is 380 g/mol. The molecule has 3 rings (SSSR count). The van der Waals surface area contributed by atoms with Crippen LogP contribution in [0.15, 0.2) is 94.2 Å². The fourth-order valence-electron chi connectivity index (χ4n) is 2.12. The number of nitrogens with zero attached hydrogens (tertiary/aromatic N) is 4. The van der Waals surface area contributed by atoms with E-state index in [2.05, 4.69) is 20.8 Å². The summed E-state index contributed by atoms with van der Waals surface area (Å²) in [5.41, 5.74) is 4.91. The van der Waals surface area contributed by atoms with Crippen molar-refractivity contribution in [1.29, 1.82) is 0 Å². The minimum atomic E-state index is -0.464. The minimum Gasteiger partial charge on any atom is -0.276 e. The first-order valence-electron chi connectivity index (χ1n) is 7.93. The van der Waals surface area contributed by atoms with Crippen molar-refractivity contribution in [1.82, 2.24) is 0 Å². The van der Waals surface area contributed by atoms with Gasteiger partial charge in [-0.05, 0) is 36.4 Å². The molecule has 0 spiro atoms. The van der Waals surface area contributed by atoms with Crippen molar-refractivity contribution in [3.8, 4) is 0 Å². The third kappa shape index (κ3) is 5.20. The number of nitrogens with one attached hydrogen (secondary N) is 1. The van der Waals surface area contributed by atoms with E-state index in [0.29, 0.717) is 16.5 Å². The van der Waals surface area contributed by atoms with Crippen LogP contribution >= 0.6 is 11.6 Å². The largest absolute Gasteiger partial charge is 0.276 e. The van der Waals surface area contributed by atoms with Crippen LogP contribution in [-0.4, -0.2) is 10.8 Å². The van der Waals surface area contributed by atoms with Gasteiger partial charge in [0.25, 0.3) is 5.69 Å². The highest BCUT2D eigenvalue weighted by molar-refractivity contribution is 6.30. The van der Waals surface area contributed by atoms with E-state index in [1.54, 1.807) is 24.3 Å². The Bertz CT molecular complexity index is 971. The van der Waals surface area contributed by atoms with E-state index < -0.39 is 4.92 Å². The third-order valence-corrected chi connectivity index (χ3v) is 3.74. The molecule has 0 atom stereocenters. The SMILES string of the molecule is O=[N+]([O-])c1ccc(N=NC(=NNc2ccc(Cl)cc2)c2ccccc2)cc1. The van der Waals surface area contributed by atoms with Gasteiger partial charge in [0.2, 0.25) is 5.84 Å². The van der Waals surface area contributed by atoms with Gasteiger partial charge in [0, 0.05) is 22.7 Å². The van der Waals surface area contributed by atoms with E-state index in [4.69, 9.17) is 11.6 Å². The van der Waals surface area contributed by atoms with Gasteiger partial charge in [0.15, 0.2) is 0 Å². The molecule has 0 aliphatic rings. The molecule has 134 valence electrons. The summed E-state index contributed by atoms with van der Waals surface area (Å²) >= 11 is 5.88. The number of rotatable bonds is 5. The Balaban J connectivity index is 1.84. The minimum absolute atomic E-state index is 0.00435. The first kappa shape index (κ1) is 18.2. The molecule has 0 bridgehead atoms. The zero-order valence-electron chi connectivity index (χ0n) is 14.0. The van der Waals surface area contributed by atoms with Gasteiger partial charge < -0.3 is 0 Å². The van der Waals surface area contributed by atoms with Crippen LogP contribution in [0.1, 0.15) is 5.56 Å². The number of anilines is 1. The smallest absolute Gasteiger partial charge is 0.269 e. The monoisotopic (exact) mass is 379 g/mol. The lowest BCUT2D eigenvalue weighted by Gasteiger charge is -2.03. The number of hydrogen-bond donors (Lipinski definition) is 1. The Hall–Kier alpha value is -3.58. The van der Waals surface area contributed by atoms with Crippen molar-refractivity contribution < 1.29 is 4.92 Å². The molecule has 0 aromatic heterocycles. The molecule has 3 aromatic carbocycles. The van der Waals surface area contributed by atoms with Crippen LogP contribution < -0.4 is 5.43 Å². The maximum Gasteiger partial charge on any atom is 0.269 e. The second-order valence-corrected chi connectivity index (χ2v) is 5.83. The summed E-state index contributed by atoms with van der Waals surface area (Å²) in [7, 11) is 0. The highest BCUT2D eigenvalue weighted by atomic mass is 35.5. The summed E-state index contributed by atoms with van der Waals surface area (Å²) in [5, 5.41) is 24.0. The van der Waals surface area contributed by atoms with Gasteiger partial charge >= 0.3 is 0 Å². The average Bonchev–Trinajstić information content (AvgIpc) is 2.70. The van der Waals surface area contributed by atoms with E-state index in [-0.39, 0.29) is 5.69 Å². The van der Waals surface area contributed by atoms with Crippen molar-refractivity contribution >= 4 is 34.5 Å². The molecule has 0 saturated heterocycles. The van der Waals surface area contributed by atoms with Crippen LogP contribution in [0.3, 0.4) is 0 Å². The van der Waals surface area contributed by atoms with Gasteiger partial charge in [-0.15, -0.1) is 10.2 Å². The molecule has 0 unspecified atom stereocenters. The molecule has 0 radical (unpaired) electrons. The number of amidine groups is 1. The molecule has 1 N–H and O–H groups in total. The van der Waals surface area contributed by atoms with Gasteiger partial charge in [-0.1, -0.05) is 41.9 Å². The predicted molar refractivity (Wildman–Crippen MR) is 106 cm³/mol. The first-order chi connectivity index (χ1) is 13.1. The number of non-ortho nitro benzene ring substituents is 1. The maximum absolute atomic E-state index is 10.7. The number of benzene rings is 3. The molecule has 0 saturated carbocycles. The van der Waals surface area contributed by atoms with Crippen LogP contribution in [0.2, 0.25) is 5.02 Å². The Morgan fingerprint density at radius 1 is 0.926 bits per heavy atom. The van der Waals surface area contributed by atoms with Gasteiger partial charge in [-0.2, -0.15) is 5.10 Å². The number of azo groups is 1. The third-order valence-electron chi connectivity index (χ3n) is 3.49. The molecule has 3 aromatic rings. The van der Waals surface area contributed by atoms with Crippen LogP contribution in [-0.2, 0) is 0 Å². The molecular weight excluding hydrogens is 366 g/mol. The number of halogens is 1. The van der Waals surface area contributed by atoms with Crippen molar-refractivity contribution in [2.24, 2.45) is 15.3 Å². The fourth-order valence-corrected chi connectivity index (χ4v) is 2.25. The lowest BCUT2D eigenvalue weighted by molar-refractivity contribution is -0.384. The molecule has 0 aliphatic heterocycles. The second-order valence-electron chi connectivity index (χ2n) is 5.39. The van der Waals surface area contributed by atoms with Crippen molar-refractivity contribution in [3.63, 3.8) is 0 Å². The summed E-state index contributed by atoms with van der Waals surface area (Å²) in [5.74, 6) is 0.365. The normalized spacial score (nSPS) is 11.5. The summed E-state index contributed by atoms with van der Waals surface area (Å²) in [4.78, 5) is 10.3. The molecule has 7 nitrogen and oxygen atoms in total. The molecule has 8 heteroatoms. The molecule has 0 heterocycles. The second kappa shape index (κ2) is 8.68. The Morgan fingerprint density at radius 2 is 1.59 bits per heavy atom. The van der Waals surface area contributed by atoms with Gasteiger partial charge in [0.05, 0.1) is 16.3 Å². The molecule has 0 fully saturated rings. The maximum atomic E-state index is 10.7. The van der Waals surface area contributed by atoms with Crippen molar-refractivity contribution in [3.05, 3.63) is 99.6 Å². The van der Waals surface area contributed by atoms with E-state index in [1.807, 2.05) is 30.3 Å². The number of nitro benzene ring substituents is 1. The molecular formula is C19H14ClN5O2. The zero-order valence-corrected chi connectivity index (χ0v) is 14.7. The Morgan fingerprint density at radius 3 is 2.22 bits per heavy atom. The summed E-state index contributed by atoms with van der Waals surface area (Å²) in [6, 6.07) is 22.2. The molecule has 0 amide bonds. The van der Waals surface area contributed by atoms with Gasteiger partial charge in [0.1, 0.15) is 0 Å². The first-order valence-corrected chi connectivity index (χ1v) is 8.30. The number of hydrazone groups is 1. The highest BCUT2D eigenvalue weighted by Gasteiger charge is 2.05. The van der Waals surface area contributed by atoms with Crippen LogP contribution in [0.25, 0.3) is 0 Å². The molecule has 0 aliphatic carbocycles. The van der Waals surface area contributed by atoms with E-state index in [1.165, 1.54) is 24.3 Å². The van der Waals surface area contributed by atoms with E-state index in [0.717, 1.165) is 11.3 Å². The van der Waals surface area contributed by atoms with E-state index >= 15 is 0 Å². The standard InChI is InChI=1S/C19H14ClN5O2/c20-15-6-8-16(9-7-15)21-23-19(14-4-2-1-3-5-14)24-22-17-10-12-18(13-11-17)25(26)27/h1-13,21H. The Kier molecular flexibility index (Phi) is 5.86. The quantitative estimate of drug-likeness (QED) is 0.199. The lowest BCUT2D eigenvalue weighted by atomic mass is 10.2. The topological polar surface area (TPSA) is 92.2 Å². The van der Waals surface area contributed by atoms with Crippen LogP contribution in [0, 0.1) is 10.1 Å². The summed E-state index contributed by atoms with van der Waals surface area (Å²) in [6.45, 7) is 0. The van der Waals surface area contributed by atoms with Gasteiger partial charge in [-0.25, -0.2) is 0 Å². The summed E-state index contributed by atoms with van der Waals surface area (Å²) < 4.78 is 0. The zero-order chi connectivity index (χ0) is 19.1. The fraction of sp³-hybridized carbons (Fsp3) is 0. The summed E-state index contributed by atoms with van der Waals surface area (Å²) in [6.07, 6.45) is 0. The number of hydrogen-bond acceptors (Lipinski definition) is 5.